The molecule has 3 N–H and O–H groups in total. The molecule has 0 atom stereocenters. The number of fused-ring (bicyclic) bond motifs is 3. The second-order valence-corrected chi connectivity index (χ2v) is 5.54. The third-order valence-corrected chi connectivity index (χ3v) is 4.19. The zero-order valence-corrected chi connectivity index (χ0v) is 12.5. The van der Waals surface area contributed by atoms with Gasteiger partial charge in [-0.2, -0.15) is 0 Å². The summed E-state index contributed by atoms with van der Waals surface area (Å²) >= 11 is 0. The van der Waals surface area contributed by atoms with Crippen molar-refractivity contribution >= 4 is 22.5 Å². The Bertz CT molecular complexity index is 889. The summed E-state index contributed by atoms with van der Waals surface area (Å²) in [6, 6.07) is 18.2. The van der Waals surface area contributed by atoms with Gasteiger partial charge >= 0.3 is 6.03 Å². The van der Waals surface area contributed by atoms with Crippen LogP contribution in [0, 0.1) is 0 Å². The van der Waals surface area contributed by atoms with Crippen LogP contribution >= 0.6 is 0 Å². The van der Waals surface area contributed by atoms with Crippen LogP contribution in [0.4, 0.5) is 10.5 Å². The number of carbonyl (C=O) groups is 1. The van der Waals surface area contributed by atoms with E-state index in [-0.39, 0.29) is 19.2 Å². The monoisotopic (exact) mass is 304 g/mol. The van der Waals surface area contributed by atoms with Crippen LogP contribution in [-0.4, -0.2) is 24.3 Å². The van der Waals surface area contributed by atoms with E-state index in [4.69, 9.17) is 5.11 Å². The van der Waals surface area contributed by atoms with E-state index in [9.17, 15) is 4.79 Å². The Morgan fingerprint density at radius 2 is 1.57 bits per heavy atom. The fraction of sp³-hybridized carbons (Fsp3) is 0.105. The molecule has 0 radical (unpaired) electrons. The zero-order chi connectivity index (χ0) is 15.8. The molecule has 0 bridgehead atoms. The first-order valence-corrected chi connectivity index (χ1v) is 7.61. The predicted molar refractivity (Wildman–Crippen MR) is 92.5 cm³/mol. The normalized spacial score (nSPS) is 11.3. The molecule has 4 heteroatoms. The van der Waals surface area contributed by atoms with Crippen molar-refractivity contribution in [1.29, 1.82) is 0 Å². The molecule has 0 fully saturated rings. The molecular formula is C19H16N2O2. The number of benzene rings is 3. The molecule has 2 amide bonds. The fourth-order valence-electron chi connectivity index (χ4n) is 3.25. The highest BCUT2D eigenvalue weighted by Crippen LogP contribution is 2.48. The van der Waals surface area contributed by atoms with Gasteiger partial charge in [0.1, 0.15) is 0 Å². The first kappa shape index (κ1) is 13.8. The highest BCUT2D eigenvalue weighted by atomic mass is 16.3. The number of urea groups is 1. The first-order chi connectivity index (χ1) is 11.3. The van der Waals surface area contributed by atoms with E-state index >= 15 is 0 Å². The summed E-state index contributed by atoms with van der Waals surface area (Å²) in [7, 11) is 0. The third-order valence-electron chi connectivity index (χ3n) is 4.19. The SMILES string of the molecule is O=C(NCCO)Nc1ccc2c3c(cccc13)-c1ccccc1-2. The van der Waals surface area contributed by atoms with Crippen molar-refractivity contribution < 1.29 is 9.90 Å². The zero-order valence-electron chi connectivity index (χ0n) is 12.5. The van der Waals surface area contributed by atoms with Crippen LogP contribution in [0.3, 0.4) is 0 Å². The minimum absolute atomic E-state index is 0.0768. The second-order valence-electron chi connectivity index (χ2n) is 5.54. The van der Waals surface area contributed by atoms with E-state index in [0.717, 1.165) is 11.1 Å². The Kier molecular flexibility index (Phi) is 3.24. The average Bonchev–Trinajstić information content (AvgIpc) is 2.91. The molecule has 4 rings (SSSR count). The van der Waals surface area contributed by atoms with Gasteiger partial charge in [-0.05, 0) is 33.7 Å². The quantitative estimate of drug-likeness (QED) is 0.541. The minimum atomic E-state index is -0.310. The maximum atomic E-state index is 11.9. The van der Waals surface area contributed by atoms with Crippen LogP contribution in [0.5, 0.6) is 0 Å². The van der Waals surface area contributed by atoms with Gasteiger partial charge in [-0.15, -0.1) is 0 Å². The molecule has 1 aliphatic rings. The lowest BCUT2D eigenvalue weighted by atomic mass is 10.0. The Hall–Kier alpha value is -2.85. The second kappa shape index (κ2) is 5.41. The molecule has 0 aliphatic heterocycles. The number of hydrogen-bond donors (Lipinski definition) is 3. The maximum absolute atomic E-state index is 11.9. The number of aliphatic hydroxyl groups excluding tert-OH is 1. The van der Waals surface area contributed by atoms with Crippen molar-refractivity contribution in [2.45, 2.75) is 0 Å². The van der Waals surface area contributed by atoms with E-state index in [1.54, 1.807) is 0 Å². The third kappa shape index (κ3) is 2.15. The first-order valence-electron chi connectivity index (χ1n) is 7.61. The summed E-state index contributed by atoms with van der Waals surface area (Å²) in [4.78, 5) is 11.9. The van der Waals surface area contributed by atoms with Crippen LogP contribution in [0.2, 0.25) is 0 Å². The Balaban J connectivity index is 1.83. The van der Waals surface area contributed by atoms with Crippen molar-refractivity contribution in [3.05, 3.63) is 54.6 Å². The molecule has 0 aromatic heterocycles. The molecule has 4 nitrogen and oxygen atoms in total. The van der Waals surface area contributed by atoms with Gasteiger partial charge in [-0.1, -0.05) is 48.5 Å². The molecule has 0 heterocycles. The van der Waals surface area contributed by atoms with Crippen molar-refractivity contribution in [1.82, 2.24) is 5.32 Å². The average molecular weight is 304 g/mol. The fourth-order valence-corrected chi connectivity index (χ4v) is 3.25. The van der Waals surface area contributed by atoms with Gasteiger partial charge in [0.2, 0.25) is 0 Å². The van der Waals surface area contributed by atoms with Crippen LogP contribution in [0.1, 0.15) is 0 Å². The van der Waals surface area contributed by atoms with Crippen LogP contribution in [-0.2, 0) is 0 Å². The molecule has 23 heavy (non-hydrogen) atoms. The molecule has 3 aromatic carbocycles. The van der Waals surface area contributed by atoms with Gasteiger partial charge in [0.05, 0.1) is 12.3 Å². The number of amides is 2. The minimum Gasteiger partial charge on any atom is -0.395 e. The van der Waals surface area contributed by atoms with E-state index in [1.807, 2.05) is 30.3 Å². The summed E-state index contributed by atoms with van der Waals surface area (Å²) in [5.74, 6) is 0. The van der Waals surface area contributed by atoms with E-state index in [1.165, 1.54) is 27.6 Å². The molecule has 0 spiro atoms. The van der Waals surface area contributed by atoms with Crippen molar-refractivity contribution in [2.75, 3.05) is 18.5 Å². The summed E-state index contributed by atoms with van der Waals surface area (Å²) < 4.78 is 0. The molecule has 3 aromatic rings. The lowest BCUT2D eigenvalue weighted by Crippen LogP contribution is -2.31. The number of aliphatic hydroxyl groups is 1. The predicted octanol–water partition coefficient (Wildman–Crippen LogP) is 3.60. The Morgan fingerprint density at radius 3 is 2.30 bits per heavy atom. The number of anilines is 1. The maximum Gasteiger partial charge on any atom is 0.319 e. The van der Waals surface area contributed by atoms with Crippen LogP contribution < -0.4 is 10.6 Å². The summed E-state index contributed by atoms with van der Waals surface area (Å²) in [5, 5.41) is 16.5. The molecule has 114 valence electrons. The highest BCUT2D eigenvalue weighted by molar-refractivity contribution is 6.19. The molecule has 1 aliphatic carbocycles. The standard InChI is InChI=1S/C19H16N2O2/c22-11-10-20-19(23)21-17-9-8-15-13-5-2-1-4-12(13)14-6-3-7-16(17)18(14)15/h1-9,22H,10-11H2,(H2,20,21,23). The van der Waals surface area contributed by atoms with E-state index < -0.39 is 0 Å². The van der Waals surface area contributed by atoms with Gasteiger partial charge < -0.3 is 15.7 Å². The van der Waals surface area contributed by atoms with Crippen molar-refractivity contribution in [3.8, 4) is 22.3 Å². The van der Waals surface area contributed by atoms with E-state index in [0.29, 0.717) is 0 Å². The van der Waals surface area contributed by atoms with Crippen LogP contribution in [0.15, 0.2) is 54.6 Å². The topological polar surface area (TPSA) is 61.4 Å². The number of carbonyl (C=O) groups excluding carboxylic acids is 1. The summed E-state index contributed by atoms with van der Waals surface area (Å²) in [6.07, 6.45) is 0. The van der Waals surface area contributed by atoms with Gasteiger partial charge in [0.15, 0.2) is 0 Å². The van der Waals surface area contributed by atoms with Crippen molar-refractivity contribution in [2.24, 2.45) is 0 Å². The van der Waals surface area contributed by atoms with Gasteiger partial charge in [0.25, 0.3) is 0 Å². The molecule has 0 unspecified atom stereocenters. The number of rotatable bonds is 3. The highest BCUT2D eigenvalue weighted by Gasteiger charge is 2.21. The Labute approximate surface area is 133 Å². The Morgan fingerprint density at radius 1 is 0.870 bits per heavy atom. The molecule has 0 saturated carbocycles. The number of hydrogen-bond acceptors (Lipinski definition) is 2. The smallest absolute Gasteiger partial charge is 0.319 e. The summed E-state index contributed by atoms with van der Waals surface area (Å²) in [6.45, 7) is 0.158. The number of nitrogens with one attached hydrogen (secondary N) is 2. The van der Waals surface area contributed by atoms with Crippen molar-refractivity contribution in [3.63, 3.8) is 0 Å². The summed E-state index contributed by atoms with van der Waals surface area (Å²) in [5.41, 5.74) is 5.64. The molecular weight excluding hydrogens is 288 g/mol. The molecule has 0 saturated heterocycles. The van der Waals surface area contributed by atoms with Gasteiger partial charge in [-0.25, -0.2) is 4.79 Å². The van der Waals surface area contributed by atoms with Crippen LogP contribution in [0.25, 0.3) is 33.0 Å². The lowest BCUT2D eigenvalue weighted by molar-refractivity contribution is 0.245. The van der Waals surface area contributed by atoms with Gasteiger partial charge in [-0.3, -0.25) is 0 Å². The lowest BCUT2D eigenvalue weighted by Gasteiger charge is -2.11. The largest absolute Gasteiger partial charge is 0.395 e. The van der Waals surface area contributed by atoms with Gasteiger partial charge in [0, 0.05) is 11.9 Å². The van der Waals surface area contributed by atoms with E-state index in [2.05, 4.69) is 34.9 Å².